The van der Waals surface area contributed by atoms with Crippen molar-refractivity contribution in [2.45, 2.75) is 6.04 Å². The summed E-state index contributed by atoms with van der Waals surface area (Å²) in [6.07, 6.45) is 0. The third-order valence-electron chi connectivity index (χ3n) is 11.0. The molecule has 266 valence electrons. The highest BCUT2D eigenvalue weighted by molar-refractivity contribution is 6.23. The summed E-state index contributed by atoms with van der Waals surface area (Å²) in [7, 11) is 1.88. The van der Waals surface area contributed by atoms with Crippen molar-refractivity contribution in [2.75, 3.05) is 7.05 Å². The van der Waals surface area contributed by atoms with E-state index in [1.54, 1.807) is 0 Å². The molecule has 0 aliphatic rings. The summed E-state index contributed by atoms with van der Waals surface area (Å²) in [5.74, 6) is 0.787. The van der Waals surface area contributed by atoms with E-state index in [0.717, 1.165) is 72.3 Å². The third kappa shape index (κ3) is 5.82. The second-order valence-corrected chi connectivity index (χ2v) is 14.3. The first-order chi connectivity index (χ1) is 27.7. The maximum Gasteiger partial charge on any atom is 0.144 e. The van der Waals surface area contributed by atoms with E-state index in [9.17, 15) is 0 Å². The summed E-state index contributed by atoms with van der Waals surface area (Å²) >= 11 is 0. The van der Waals surface area contributed by atoms with Gasteiger partial charge in [-0.1, -0.05) is 170 Å². The van der Waals surface area contributed by atoms with Crippen LogP contribution < -0.4 is 5.32 Å². The van der Waals surface area contributed by atoms with Crippen molar-refractivity contribution < 1.29 is 4.42 Å². The number of hydrogen-bond acceptors (Lipinski definition) is 2. The second-order valence-electron chi connectivity index (χ2n) is 14.3. The van der Waals surface area contributed by atoms with Gasteiger partial charge in [0.1, 0.15) is 17.0 Å². The maximum absolute atomic E-state index is 7.15. The van der Waals surface area contributed by atoms with Gasteiger partial charge in [-0.25, -0.2) is 0 Å². The van der Waals surface area contributed by atoms with E-state index in [0.29, 0.717) is 0 Å². The fraction of sp³-hybridized carbons (Fsp3) is 0.0377. The molecule has 1 aromatic heterocycles. The number of nitrogens with one attached hydrogen (secondary N) is 1. The normalized spacial score (nSPS) is 12.4. The van der Waals surface area contributed by atoms with Gasteiger partial charge in [-0.05, 0) is 85.3 Å². The van der Waals surface area contributed by atoms with Crippen LogP contribution in [0.2, 0.25) is 0 Å². The Labute approximate surface area is 326 Å². The van der Waals surface area contributed by atoms with Gasteiger partial charge in [0, 0.05) is 34.5 Å². The summed E-state index contributed by atoms with van der Waals surface area (Å²) in [6.45, 7) is 0. The lowest BCUT2D eigenvalue weighted by Crippen LogP contribution is -2.30. The zero-order chi connectivity index (χ0) is 37.4. The zero-order valence-corrected chi connectivity index (χ0v) is 31.0. The molecule has 1 atom stereocenters. The summed E-state index contributed by atoms with van der Waals surface area (Å²) < 4.78 is 7.15. The highest BCUT2D eigenvalue weighted by Gasteiger charge is 2.25. The van der Waals surface area contributed by atoms with E-state index in [4.69, 9.17) is 9.41 Å². The molecule has 1 unspecified atom stereocenters. The summed E-state index contributed by atoms with van der Waals surface area (Å²) in [5, 5.41) is 11.0. The number of fused-ring (bicyclic) bond motifs is 6. The van der Waals surface area contributed by atoms with Gasteiger partial charge in [0.25, 0.3) is 0 Å². The van der Waals surface area contributed by atoms with Crippen LogP contribution in [0.1, 0.15) is 22.7 Å². The van der Waals surface area contributed by atoms with Gasteiger partial charge in [-0.3, -0.25) is 4.99 Å². The van der Waals surface area contributed by atoms with E-state index in [1.807, 2.05) is 7.05 Å². The molecule has 0 bridgehead atoms. The minimum absolute atomic E-state index is 0.203. The van der Waals surface area contributed by atoms with Gasteiger partial charge in [0.2, 0.25) is 0 Å². The molecular formula is C53H38N2O. The molecule has 0 saturated heterocycles. The molecule has 3 heteroatoms. The van der Waals surface area contributed by atoms with Crippen LogP contribution >= 0.6 is 0 Å². The van der Waals surface area contributed by atoms with Crippen molar-refractivity contribution in [1.29, 1.82) is 0 Å². The highest BCUT2D eigenvalue weighted by Crippen LogP contribution is 2.44. The molecule has 0 radical (unpaired) electrons. The fourth-order valence-corrected chi connectivity index (χ4v) is 8.36. The molecule has 0 fully saturated rings. The molecule has 56 heavy (non-hydrogen) atoms. The van der Waals surface area contributed by atoms with E-state index >= 15 is 0 Å². The van der Waals surface area contributed by atoms with Crippen molar-refractivity contribution in [3.05, 3.63) is 217 Å². The smallest absolute Gasteiger partial charge is 0.144 e. The zero-order valence-electron chi connectivity index (χ0n) is 31.0. The minimum Gasteiger partial charge on any atom is -0.455 e. The number of furan rings is 1. The van der Waals surface area contributed by atoms with Crippen molar-refractivity contribution in [1.82, 2.24) is 5.32 Å². The Bertz CT molecular complexity index is 3040. The molecule has 10 aromatic rings. The number of nitrogens with zero attached hydrogens (tertiary/aromatic N) is 1. The van der Waals surface area contributed by atoms with Gasteiger partial charge >= 0.3 is 0 Å². The standard InChI is InChI=1S/C53H38N2O/c1-54-53(55-50(38-24-12-5-13-25-38)47-32-39-26-14-15-27-41(39)43-28-16-17-29-44(43)47)45-31-30-42(36-20-8-3-9-21-36)52-49(45)48-34-40(35-18-6-2-7-19-35)33-46(51(48)56-52)37-22-10-4-11-23-37/h2-34,50H,1H3,(H,54,55). The topological polar surface area (TPSA) is 37.5 Å². The maximum atomic E-state index is 7.15. The Morgan fingerprint density at radius 3 is 1.71 bits per heavy atom. The van der Waals surface area contributed by atoms with Gasteiger partial charge in [0.15, 0.2) is 0 Å². The summed E-state index contributed by atoms with van der Waals surface area (Å²) in [4.78, 5) is 5.06. The van der Waals surface area contributed by atoms with Crippen LogP contribution in [0.5, 0.6) is 0 Å². The average Bonchev–Trinajstić information content (AvgIpc) is 3.67. The van der Waals surface area contributed by atoms with E-state index in [2.05, 4.69) is 206 Å². The molecule has 9 aromatic carbocycles. The Morgan fingerprint density at radius 1 is 0.464 bits per heavy atom. The molecule has 0 aliphatic heterocycles. The quantitative estimate of drug-likeness (QED) is 0.101. The number of rotatable bonds is 7. The lowest BCUT2D eigenvalue weighted by molar-refractivity contribution is 0.671. The number of hydrogen-bond donors (Lipinski definition) is 1. The van der Waals surface area contributed by atoms with E-state index < -0.39 is 0 Å². The predicted molar refractivity (Wildman–Crippen MR) is 235 cm³/mol. The van der Waals surface area contributed by atoms with Crippen LogP contribution in [0.3, 0.4) is 0 Å². The third-order valence-corrected chi connectivity index (χ3v) is 11.0. The monoisotopic (exact) mass is 718 g/mol. The van der Waals surface area contributed by atoms with Crippen LogP contribution in [0.15, 0.2) is 210 Å². The molecule has 1 heterocycles. The van der Waals surface area contributed by atoms with Crippen molar-refractivity contribution >= 4 is 49.3 Å². The predicted octanol–water partition coefficient (Wildman–Crippen LogP) is 13.6. The van der Waals surface area contributed by atoms with E-state index in [1.165, 1.54) is 27.1 Å². The molecule has 3 nitrogen and oxygen atoms in total. The molecule has 10 rings (SSSR count). The van der Waals surface area contributed by atoms with Gasteiger partial charge < -0.3 is 9.73 Å². The lowest BCUT2D eigenvalue weighted by atomic mass is 9.89. The van der Waals surface area contributed by atoms with Crippen molar-refractivity contribution in [3.8, 4) is 33.4 Å². The number of benzene rings is 9. The first-order valence-corrected chi connectivity index (χ1v) is 19.1. The number of aliphatic imine (C=N–C) groups is 1. The lowest BCUT2D eigenvalue weighted by Gasteiger charge is -2.25. The summed E-state index contributed by atoms with van der Waals surface area (Å²) in [6, 6.07) is 70.9. The second kappa shape index (κ2) is 14.2. The van der Waals surface area contributed by atoms with Crippen LogP contribution in [0, 0.1) is 0 Å². The fourth-order valence-electron chi connectivity index (χ4n) is 8.36. The van der Waals surface area contributed by atoms with Crippen molar-refractivity contribution in [2.24, 2.45) is 4.99 Å². The first-order valence-electron chi connectivity index (χ1n) is 19.1. The first kappa shape index (κ1) is 33.3. The van der Waals surface area contributed by atoms with Crippen LogP contribution in [0.25, 0.3) is 76.9 Å². The molecule has 0 spiro atoms. The Kier molecular flexibility index (Phi) is 8.46. The Morgan fingerprint density at radius 2 is 1.04 bits per heavy atom. The largest absolute Gasteiger partial charge is 0.455 e. The average molecular weight is 719 g/mol. The van der Waals surface area contributed by atoms with Crippen LogP contribution in [0.4, 0.5) is 0 Å². The molecule has 0 aliphatic carbocycles. The molecular weight excluding hydrogens is 681 g/mol. The van der Waals surface area contributed by atoms with Crippen LogP contribution in [-0.4, -0.2) is 12.9 Å². The highest BCUT2D eigenvalue weighted by atomic mass is 16.3. The minimum atomic E-state index is -0.203. The molecule has 0 amide bonds. The molecule has 1 N–H and O–H groups in total. The number of amidine groups is 1. The van der Waals surface area contributed by atoms with Gasteiger partial charge in [0.05, 0.1) is 6.04 Å². The SMILES string of the molecule is CN=C(NC(c1ccccc1)c1cc2ccccc2c2ccccc12)c1ccc(-c2ccccc2)c2oc3c(-c4ccccc4)cc(-c4ccccc4)cc3c12. The molecule has 0 saturated carbocycles. The summed E-state index contributed by atoms with van der Waals surface area (Å²) in [5.41, 5.74) is 11.6. The Balaban J connectivity index is 1.24. The van der Waals surface area contributed by atoms with Gasteiger partial charge in [-0.15, -0.1) is 0 Å². The Hall–Kier alpha value is -7.23. The van der Waals surface area contributed by atoms with Gasteiger partial charge in [-0.2, -0.15) is 0 Å². The van der Waals surface area contributed by atoms with E-state index in [-0.39, 0.29) is 6.04 Å². The van der Waals surface area contributed by atoms with Crippen LogP contribution in [-0.2, 0) is 0 Å². The van der Waals surface area contributed by atoms with Crippen molar-refractivity contribution in [3.63, 3.8) is 0 Å².